The Morgan fingerprint density at radius 1 is 1.21 bits per heavy atom. The van der Waals surface area contributed by atoms with Gasteiger partial charge in [0.1, 0.15) is 5.75 Å². The van der Waals surface area contributed by atoms with Crippen molar-refractivity contribution < 1.29 is 15.0 Å². The van der Waals surface area contributed by atoms with E-state index in [1.54, 1.807) is 6.07 Å². The van der Waals surface area contributed by atoms with Crippen LogP contribution >= 0.6 is 0 Å². The number of phenolic OH excluding ortho intramolecular Hbond substituents is 1. The van der Waals surface area contributed by atoms with E-state index in [0.717, 1.165) is 37.9 Å². The molecule has 4 nitrogen and oxygen atoms in total. The lowest BCUT2D eigenvalue weighted by Crippen LogP contribution is -2.58. The third-order valence-corrected chi connectivity index (χ3v) is 8.34. The summed E-state index contributed by atoms with van der Waals surface area (Å²) in [6.07, 6.45) is 2.75. The number of likely N-dealkylation sites (tertiary alicyclic amines) is 1. The molecule has 1 saturated heterocycles. The Bertz CT molecular complexity index is 958. The van der Waals surface area contributed by atoms with Crippen molar-refractivity contribution in [2.24, 2.45) is 11.8 Å². The lowest BCUT2D eigenvalue weighted by Gasteiger charge is -2.54. The molecule has 0 aromatic heterocycles. The molecule has 5 atom stereocenters. The summed E-state index contributed by atoms with van der Waals surface area (Å²) in [5.41, 5.74) is 2.93. The highest BCUT2D eigenvalue weighted by atomic mass is 16.4. The van der Waals surface area contributed by atoms with Crippen LogP contribution < -0.4 is 0 Å². The molecule has 152 valence electrons. The summed E-state index contributed by atoms with van der Waals surface area (Å²) >= 11 is 0. The highest BCUT2D eigenvalue weighted by Crippen LogP contribution is 2.56. The molecule has 0 amide bonds. The third-order valence-electron chi connectivity index (χ3n) is 8.34. The van der Waals surface area contributed by atoms with E-state index in [9.17, 15) is 15.0 Å². The molecule has 2 aliphatic carbocycles. The fraction of sp³-hybridized carbons (Fsp3) is 0.480. The molecule has 4 heteroatoms. The Morgan fingerprint density at radius 2 is 1.97 bits per heavy atom. The standard InChI is InChI=1S/C25H29NO3/c1-16-22-12-17-8-9-20(27)13-21(17)24(16,2)10-11-26(22)15-19-14-25(19,23(28)29)18-6-4-3-5-7-18/h3-9,13,16,19,22,27H,10-12,14-15H2,1-2H3,(H,28,29)/t16-,19?,22+,24+,25-/m0/s1. The summed E-state index contributed by atoms with van der Waals surface area (Å²) in [6, 6.07) is 16.0. The largest absolute Gasteiger partial charge is 0.508 e. The van der Waals surface area contributed by atoms with Gasteiger partial charge >= 0.3 is 5.97 Å². The van der Waals surface area contributed by atoms with Crippen molar-refractivity contribution in [2.45, 2.75) is 50.0 Å². The SMILES string of the molecule is C[C@H]1[C@H]2Cc3ccc(O)cc3[C@]1(C)CCN2CC1C[C@]1(C(=O)O)c1ccccc1. The number of carboxylic acid groups (broad SMARTS) is 1. The summed E-state index contributed by atoms with van der Waals surface area (Å²) in [4.78, 5) is 14.8. The number of fused-ring (bicyclic) bond motifs is 4. The number of nitrogens with zero attached hydrogens (tertiary/aromatic N) is 1. The Hall–Kier alpha value is -2.33. The number of aliphatic carboxylic acids is 1. The van der Waals surface area contributed by atoms with Gasteiger partial charge < -0.3 is 10.2 Å². The zero-order chi connectivity index (χ0) is 20.4. The van der Waals surface area contributed by atoms with Gasteiger partial charge in [-0.15, -0.1) is 0 Å². The zero-order valence-corrected chi connectivity index (χ0v) is 17.1. The number of carboxylic acids is 1. The van der Waals surface area contributed by atoms with Gasteiger partial charge in [-0.1, -0.05) is 50.2 Å². The predicted octanol–water partition coefficient (Wildman–Crippen LogP) is 3.96. The molecule has 2 aromatic carbocycles. The van der Waals surface area contributed by atoms with Gasteiger partial charge in [0, 0.05) is 12.6 Å². The second kappa shape index (κ2) is 6.33. The van der Waals surface area contributed by atoms with E-state index in [1.807, 2.05) is 36.4 Å². The third kappa shape index (κ3) is 2.65. The lowest BCUT2D eigenvalue weighted by atomic mass is 9.59. The number of phenols is 1. The van der Waals surface area contributed by atoms with Crippen LogP contribution in [-0.2, 0) is 22.0 Å². The van der Waals surface area contributed by atoms with Crippen molar-refractivity contribution in [3.8, 4) is 5.75 Å². The molecule has 2 fully saturated rings. The van der Waals surface area contributed by atoms with E-state index in [-0.39, 0.29) is 11.3 Å². The van der Waals surface area contributed by atoms with Gasteiger partial charge in [-0.3, -0.25) is 9.69 Å². The van der Waals surface area contributed by atoms with Crippen molar-refractivity contribution >= 4 is 5.97 Å². The Balaban J connectivity index is 1.41. The fourth-order valence-corrected chi connectivity index (χ4v) is 6.23. The minimum absolute atomic E-state index is 0.0698. The Morgan fingerprint density at radius 3 is 2.69 bits per heavy atom. The van der Waals surface area contributed by atoms with E-state index in [1.165, 1.54) is 11.1 Å². The fourth-order valence-electron chi connectivity index (χ4n) is 6.23. The first-order chi connectivity index (χ1) is 13.9. The summed E-state index contributed by atoms with van der Waals surface area (Å²) in [6.45, 7) is 6.50. The van der Waals surface area contributed by atoms with Gasteiger partial charge in [0.25, 0.3) is 0 Å². The zero-order valence-electron chi connectivity index (χ0n) is 17.1. The van der Waals surface area contributed by atoms with E-state index in [2.05, 4.69) is 24.8 Å². The molecule has 2 aromatic rings. The van der Waals surface area contributed by atoms with E-state index >= 15 is 0 Å². The number of hydrogen-bond donors (Lipinski definition) is 2. The molecule has 1 unspecified atom stereocenters. The molecular weight excluding hydrogens is 362 g/mol. The highest BCUT2D eigenvalue weighted by Gasteiger charge is 2.62. The molecule has 5 rings (SSSR count). The Labute approximate surface area is 172 Å². The second-order valence-electron chi connectivity index (χ2n) is 9.61. The first-order valence-corrected chi connectivity index (χ1v) is 10.7. The molecule has 1 saturated carbocycles. The molecule has 0 spiro atoms. The quantitative estimate of drug-likeness (QED) is 0.828. The van der Waals surface area contributed by atoms with Crippen LogP contribution in [0.25, 0.3) is 0 Å². The number of piperidine rings is 1. The van der Waals surface area contributed by atoms with Crippen LogP contribution in [0.2, 0.25) is 0 Å². The van der Waals surface area contributed by atoms with Gasteiger partial charge in [0.05, 0.1) is 5.41 Å². The lowest BCUT2D eigenvalue weighted by molar-refractivity contribution is -0.140. The molecular formula is C25H29NO3. The van der Waals surface area contributed by atoms with Gasteiger partial charge in [-0.25, -0.2) is 0 Å². The molecule has 2 N–H and O–H groups in total. The number of carbonyl (C=O) groups is 1. The summed E-state index contributed by atoms with van der Waals surface area (Å²) in [5, 5.41) is 20.1. The van der Waals surface area contributed by atoms with E-state index in [4.69, 9.17) is 0 Å². The van der Waals surface area contributed by atoms with Crippen LogP contribution in [0.15, 0.2) is 48.5 Å². The highest BCUT2D eigenvalue weighted by molar-refractivity contribution is 5.86. The first-order valence-electron chi connectivity index (χ1n) is 10.7. The van der Waals surface area contributed by atoms with Gasteiger partial charge in [0.15, 0.2) is 0 Å². The maximum Gasteiger partial charge on any atom is 0.314 e. The molecule has 1 aliphatic heterocycles. The van der Waals surface area contributed by atoms with Gasteiger partial charge in [0.2, 0.25) is 0 Å². The average molecular weight is 392 g/mol. The molecule has 3 aliphatic rings. The van der Waals surface area contributed by atoms with Crippen LogP contribution in [0.1, 0.15) is 43.4 Å². The summed E-state index contributed by atoms with van der Waals surface area (Å²) in [7, 11) is 0. The van der Waals surface area contributed by atoms with Crippen LogP contribution in [0.5, 0.6) is 5.75 Å². The molecule has 1 heterocycles. The van der Waals surface area contributed by atoms with Crippen LogP contribution in [-0.4, -0.2) is 40.2 Å². The smallest absolute Gasteiger partial charge is 0.314 e. The van der Waals surface area contributed by atoms with Gasteiger partial charge in [-0.2, -0.15) is 0 Å². The molecule has 29 heavy (non-hydrogen) atoms. The summed E-state index contributed by atoms with van der Waals surface area (Å²) < 4.78 is 0. The topological polar surface area (TPSA) is 60.8 Å². The van der Waals surface area contributed by atoms with Crippen LogP contribution in [0.4, 0.5) is 0 Å². The van der Waals surface area contributed by atoms with Crippen molar-refractivity contribution in [3.63, 3.8) is 0 Å². The van der Waals surface area contributed by atoms with E-state index in [0.29, 0.717) is 17.7 Å². The minimum atomic E-state index is -0.719. The van der Waals surface area contributed by atoms with Crippen molar-refractivity contribution in [2.75, 3.05) is 13.1 Å². The first kappa shape index (κ1) is 18.7. The van der Waals surface area contributed by atoms with Crippen molar-refractivity contribution in [1.82, 2.24) is 4.90 Å². The van der Waals surface area contributed by atoms with Crippen molar-refractivity contribution in [1.29, 1.82) is 0 Å². The van der Waals surface area contributed by atoms with Crippen molar-refractivity contribution in [3.05, 3.63) is 65.2 Å². The maximum absolute atomic E-state index is 12.2. The Kier molecular flexibility index (Phi) is 4.08. The van der Waals surface area contributed by atoms with E-state index < -0.39 is 11.4 Å². The van der Waals surface area contributed by atoms with Gasteiger partial charge in [-0.05, 0) is 71.9 Å². The minimum Gasteiger partial charge on any atom is -0.508 e. The average Bonchev–Trinajstić information content (AvgIpc) is 3.44. The number of aromatic hydroxyl groups is 1. The summed E-state index contributed by atoms with van der Waals surface area (Å²) in [5.74, 6) is 0.304. The molecule has 2 bridgehead atoms. The monoisotopic (exact) mass is 391 g/mol. The predicted molar refractivity (Wildman–Crippen MR) is 112 cm³/mol. The van der Waals surface area contributed by atoms with Crippen LogP contribution in [0.3, 0.4) is 0 Å². The number of rotatable bonds is 4. The second-order valence-corrected chi connectivity index (χ2v) is 9.61. The number of hydrogen-bond acceptors (Lipinski definition) is 3. The van der Waals surface area contributed by atoms with Crippen LogP contribution in [0, 0.1) is 11.8 Å². The maximum atomic E-state index is 12.2. The molecule has 0 radical (unpaired) electrons. The number of benzene rings is 2. The normalized spacial score (nSPS) is 35.7.